The highest BCUT2D eigenvalue weighted by molar-refractivity contribution is 6.30. The van der Waals surface area contributed by atoms with Gasteiger partial charge in [0.25, 0.3) is 5.91 Å². The van der Waals surface area contributed by atoms with Crippen molar-refractivity contribution in [1.82, 2.24) is 4.90 Å². The fourth-order valence-corrected chi connectivity index (χ4v) is 3.47. The zero-order valence-corrected chi connectivity index (χ0v) is 13.9. The van der Waals surface area contributed by atoms with E-state index in [0.717, 1.165) is 11.1 Å². The van der Waals surface area contributed by atoms with Gasteiger partial charge in [0.2, 0.25) is 5.76 Å². The summed E-state index contributed by atoms with van der Waals surface area (Å²) in [4.78, 5) is 27.2. The minimum atomic E-state index is -0.493. The molecule has 1 aromatic heterocycles. The van der Waals surface area contributed by atoms with Gasteiger partial charge in [-0.05, 0) is 36.8 Å². The monoisotopic (exact) mass is 339 g/mol. The fraction of sp³-hybridized carbons (Fsp3) is 0.158. The molecule has 4 rings (SSSR count). The van der Waals surface area contributed by atoms with Crippen LogP contribution in [0.15, 0.2) is 51.7 Å². The molecule has 1 atom stereocenters. The van der Waals surface area contributed by atoms with Crippen molar-refractivity contribution < 1.29 is 9.21 Å². The Morgan fingerprint density at radius 1 is 1.12 bits per heavy atom. The summed E-state index contributed by atoms with van der Waals surface area (Å²) >= 11 is 6.09. The lowest BCUT2D eigenvalue weighted by atomic mass is 9.98. The number of benzene rings is 2. The predicted octanol–water partition coefficient (Wildman–Crippen LogP) is 3.93. The number of amides is 1. The van der Waals surface area contributed by atoms with E-state index < -0.39 is 6.04 Å². The van der Waals surface area contributed by atoms with Crippen molar-refractivity contribution in [3.8, 4) is 0 Å². The number of hydrogen-bond donors (Lipinski definition) is 0. The molecule has 0 fully saturated rings. The van der Waals surface area contributed by atoms with Gasteiger partial charge in [0.15, 0.2) is 5.43 Å². The van der Waals surface area contributed by atoms with Gasteiger partial charge >= 0.3 is 0 Å². The second-order valence-electron chi connectivity index (χ2n) is 6.05. The zero-order valence-electron chi connectivity index (χ0n) is 13.2. The summed E-state index contributed by atoms with van der Waals surface area (Å²) in [7, 11) is 1.67. The zero-order chi connectivity index (χ0) is 17.0. The lowest BCUT2D eigenvalue weighted by Gasteiger charge is -2.20. The van der Waals surface area contributed by atoms with Crippen molar-refractivity contribution in [3.05, 3.63) is 80.2 Å². The molecule has 24 heavy (non-hydrogen) atoms. The van der Waals surface area contributed by atoms with Crippen LogP contribution >= 0.6 is 11.6 Å². The largest absolute Gasteiger partial charge is 0.450 e. The Balaban J connectivity index is 2.05. The molecule has 1 aliphatic rings. The second kappa shape index (κ2) is 5.21. The number of carbonyl (C=O) groups excluding carboxylic acids is 1. The molecule has 0 saturated carbocycles. The van der Waals surface area contributed by atoms with Gasteiger partial charge in [-0.15, -0.1) is 0 Å². The van der Waals surface area contributed by atoms with Gasteiger partial charge in [0.1, 0.15) is 5.58 Å². The molecular weight excluding hydrogens is 326 g/mol. The van der Waals surface area contributed by atoms with Crippen LogP contribution < -0.4 is 5.43 Å². The Labute approximate surface area is 143 Å². The Hall–Kier alpha value is -2.59. The highest BCUT2D eigenvalue weighted by Gasteiger charge is 2.40. The summed E-state index contributed by atoms with van der Waals surface area (Å²) in [5.74, 6) is -0.182. The standard InChI is InChI=1S/C19H14ClNO3/c1-10-6-7-14-13(8-10)17(22)15-16(11-4-3-5-12(20)9-11)21(2)19(23)18(15)24-14/h3-9,16H,1-2H3. The van der Waals surface area contributed by atoms with Crippen LogP contribution in [0.5, 0.6) is 0 Å². The third kappa shape index (κ3) is 2.07. The number of hydrogen-bond acceptors (Lipinski definition) is 3. The third-order valence-electron chi connectivity index (χ3n) is 4.42. The van der Waals surface area contributed by atoms with E-state index in [1.807, 2.05) is 19.1 Å². The van der Waals surface area contributed by atoms with Gasteiger partial charge in [-0.3, -0.25) is 9.59 Å². The molecule has 2 heterocycles. The van der Waals surface area contributed by atoms with Crippen LogP contribution in [0.4, 0.5) is 0 Å². The van der Waals surface area contributed by atoms with Crippen LogP contribution in [0, 0.1) is 6.92 Å². The van der Waals surface area contributed by atoms with E-state index in [1.54, 1.807) is 37.4 Å². The highest BCUT2D eigenvalue weighted by atomic mass is 35.5. The molecule has 0 bridgehead atoms. The summed E-state index contributed by atoms with van der Waals surface area (Å²) < 4.78 is 5.78. The van der Waals surface area contributed by atoms with E-state index in [2.05, 4.69) is 0 Å². The van der Waals surface area contributed by atoms with Crippen LogP contribution in [-0.2, 0) is 0 Å². The van der Waals surface area contributed by atoms with Crippen LogP contribution in [-0.4, -0.2) is 17.9 Å². The molecular formula is C19H14ClNO3. The number of aryl methyl sites for hydroxylation is 1. The Morgan fingerprint density at radius 3 is 2.67 bits per heavy atom. The van der Waals surface area contributed by atoms with E-state index in [0.29, 0.717) is 21.6 Å². The molecule has 0 radical (unpaired) electrons. The Morgan fingerprint density at radius 2 is 1.92 bits per heavy atom. The first-order chi connectivity index (χ1) is 11.5. The van der Waals surface area contributed by atoms with Gasteiger partial charge < -0.3 is 9.32 Å². The number of carbonyl (C=O) groups is 1. The number of halogens is 1. The van der Waals surface area contributed by atoms with E-state index >= 15 is 0 Å². The maximum atomic E-state index is 13.1. The maximum Gasteiger partial charge on any atom is 0.290 e. The molecule has 0 saturated heterocycles. The lowest BCUT2D eigenvalue weighted by Crippen LogP contribution is -2.25. The van der Waals surface area contributed by atoms with E-state index in [9.17, 15) is 9.59 Å². The van der Waals surface area contributed by atoms with Crippen molar-refractivity contribution >= 4 is 28.5 Å². The van der Waals surface area contributed by atoms with E-state index in [4.69, 9.17) is 16.0 Å². The molecule has 3 aromatic rings. The molecule has 0 spiro atoms. The predicted molar refractivity (Wildman–Crippen MR) is 92.6 cm³/mol. The molecule has 2 aromatic carbocycles. The van der Waals surface area contributed by atoms with Gasteiger partial charge in [-0.25, -0.2) is 0 Å². The molecule has 0 N–H and O–H groups in total. The van der Waals surface area contributed by atoms with Crippen LogP contribution in [0.25, 0.3) is 11.0 Å². The minimum absolute atomic E-state index is 0.115. The summed E-state index contributed by atoms with van der Waals surface area (Å²) in [5, 5.41) is 1.05. The lowest BCUT2D eigenvalue weighted by molar-refractivity contribution is 0.0771. The van der Waals surface area contributed by atoms with E-state index in [-0.39, 0.29) is 17.1 Å². The average molecular weight is 340 g/mol. The molecule has 1 aliphatic heterocycles. The number of fused-ring (bicyclic) bond motifs is 2. The maximum absolute atomic E-state index is 13.1. The summed E-state index contributed by atoms with van der Waals surface area (Å²) in [6.07, 6.45) is 0. The molecule has 1 amide bonds. The molecule has 4 nitrogen and oxygen atoms in total. The Kier molecular flexibility index (Phi) is 3.25. The molecule has 0 aliphatic carbocycles. The smallest absolute Gasteiger partial charge is 0.290 e. The summed E-state index contributed by atoms with van der Waals surface area (Å²) in [6.45, 7) is 1.91. The first kappa shape index (κ1) is 15.0. The molecule has 1 unspecified atom stereocenters. The SMILES string of the molecule is Cc1ccc2oc3c(c(=O)c2c1)C(c1cccc(Cl)c1)N(C)C3=O. The van der Waals surface area contributed by atoms with Gasteiger partial charge in [-0.2, -0.15) is 0 Å². The van der Waals surface area contributed by atoms with Gasteiger partial charge in [0, 0.05) is 12.1 Å². The van der Waals surface area contributed by atoms with Crippen LogP contribution in [0.3, 0.4) is 0 Å². The summed E-state index contributed by atoms with van der Waals surface area (Å²) in [6, 6.07) is 12.1. The first-order valence-corrected chi connectivity index (χ1v) is 7.95. The topological polar surface area (TPSA) is 50.5 Å². The number of nitrogens with zero attached hydrogens (tertiary/aromatic N) is 1. The minimum Gasteiger partial charge on any atom is -0.450 e. The molecule has 5 heteroatoms. The quantitative estimate of drug-likeness (QED) is 0.675. The normalized spacial score (nSPS) is 16.7. The second-order valence-corrected chi connectivity index (χ2v) is 6.48. The third-order valence-corrected chi connectivity index (χ3v) is 4.66. The first-order valence-electron chi connectivity index (χ1n) is 7.57. The van der Waals surface area contributed by atoms with Crippen molar-refractivity contribution in [2.24, 2.45) is 0 Å². The Bertz CT molecular complexity index is 1050. The van der Waals surface area contributed by atoms with E-state index in [1.165, 1.54) is 4.90 Å². The van der Waals surface area contributed by atoms with Gasteiger partial charge in [0.05, 0.1) is 17.0 Å². The van der Waals surface area contributed by atoms with Crippen LogP contribution in [0.1, 0.15) is 33.3 Å². The van der Waals surface area contributed by atoms with Crippen LogP contribution in [0.2, 0.25) is 5.02 Å². The average Bonchev–Trinajstić information content (AvgIpc) is 2.81. The fourth-order valence-electron chi connectivity index (χ4n) is 3.27. The number of rotatable bonds is 1. The van der Waals surface area contributed by atoms with Crippen molar-refractivity contribution in [1.29, 1.82) is 0 Å². The highest BCUT2D eigenvalue weighted by Crippen LogP contribution is 2.37. The van der Waals surface area contributed by atoms with Crippen molar-refractivity contribution in [2.45, 2.75) is 13.0 Å². The van der Waals surface area contributed by atoms with Gasteiger partial charge in [-0.1, -0.05) is 35.4 Å². The molecule has 120 valence electrons. The van der Waals surface area contributed by atoms with Crippen molar-refractivity contribution in [3.63, 3.8) is 0 Å². The summed E-state index contributed by atoms with van der Waals surface area (Å²) in [5.41, 5.74) is 2.39. The van der Waals surface area contributed by atoms with Crippen molar-refractivity contribution in [2.75, 3.05) is 7.05 Å².